The van der Waals surface area contributed by atoms with E-state index in [4.69, 9.17) is 11.6 Å². The van der Waals surface area contributed by atoms with Gasteiger partial charge in [0.15, 0.2) is 5.82 Å². The molecule has 5 nitrogen and oxygen atoms in total. The Hall–Kier alpha value is -1.66. The second kappa shape index (κ2) is 4.55. The Bertz CT molecular complexity index is 660. The van der Waals surface area contributed by atoms with Crippen molar-refractivity contribution in [3.63, 3.8) is 0 Å². The lowest BCUT2D eigenvalue weighted by atomic mass is 10.2. The third kappa shape index (κ3) is 2.16. The maximum atomic E-state index is 5.90. The molecule has 0 amide bonds. The summed E-state index contributed by atoms with van der Waals surface area (Å²) in [6.45, 7) is 1.97. The fraction of sp³-hybridized carbons (Fsp3) is 0.182. The minimum Gasteiger partial charge on any atom is -0.324 e. The fourth-order valence-corrected chi connectivity index (χ4v) is 2.57. The number of thiophene rings is 1. The normalized spacial score (nSPS) is 15.0. The molecule has 0 radical (unpaired) electrons. The highest BCUT2D eigenvalue weighted by molar-refractivity contribution is 7.17. The van der Waals surface area contributed by atoms with Gasteiger partial charge in [-0.3, -0.25) is 5.43 Å². The van der Waals surface area contributed by atoms with Crippen LogP contribution in [-0.4, -0.2) is 15.7 Å². The summed E-state index contributed by atoms with van der Waals surface area (Å²) < 4.78 is 0.980. The van der Waals surface area contributed by atoms with Crippen molar-refractivity contribution in [3.8, 4) is 0 Å². The minimum absolute atomic E-state index is 0.236. The molecule has 2 aromatic rings. The van der Waals surface area contributed by atoms with Gasteiger partial charge >= 0.3 is 0 Å². The number of nitrogens with one attached hydrogen (secondary N) is 2. The van der Waals surface area contributed by atoms with Crippen LogP contribution >= 0.6 is 22.9 Å². The molecule has 92 valence electrons. The molecule has 3 rings (SSSR count). The number of rotatable bonds is 2. The second-order valence-corrected chi connectivity index (χ2v) is 5.14. The Labute approximate surface area is 113 Å². The van der Waals surface area contributed by atoms with Gasteiger partial charge in [-0.1, -0.05) is 0 Å². The Kier molecular flexibility index (Phi) is 2.89. The van der Waals surface area contributed by atoms with Gasteiger partial charge in [0.05, 0.1) is 10.2 Å². The van der Waals surface area contributed by atoms with Crippen molar-refractivity contribution in [1.29, 1.82) is 0 Å². The number of aromatic nitrogens is 2. The van der Waals surface area contributed by atoms with Gasteiger partial charge in [-0.15, -0.1) is 11.3 Å². The van der Waals surface area contributed by atoms with Crippen LogP contribution in [0.3, 0.4) is 0 Å². The molecule has 0 saturated carbocycles. The van der Waals surface area contributed by atoms with E-state index >= 15 is 0 Å². The van der Waals surface area contributed by atoms with Crippen molar-refractivity contribution in [1.82, 2.24) is 15.4 Å². The Morgan fingerprint density at radius 2 is 2.33 bits per heavy atom. The number of hydrazone groups is 1. The van der Waals surface area contributed by atoms with Gasteiger partial charge in [-0.25, -0.2) is 4.98 Å². The van der Waals surface area contributed by atoms with Crippen LogP contribution in [0.5, 0.6) is 0 Å². The topological polar surface area (TPSA) is 62.2 Å². The van der Waals surface area contributed by atoms with E-state index in [0.29, 0.717) is 5.82 Å². The van der Waals surface area contributed by atoms with Crippen LogP contribution in [-0.2, 0) is 0 Å². The van der Waals surface area contributed by atoms with Gasteiger partial charge in [0, 0.05) is 12.1 Å². The molecule has 3 heterocycles. The number of hydrogen-bond donors (Lipinski definition) is 2. The largest absolute Gasteiger partial charge is 0.324 e. The average Bonchev–Trinajstić information content (AvgIpc) is 2.80. The van der Waals surface area contributed by atoms with E-state index < -0.39 is 0 Å². The van der Waals surface area contributed by atoms with Crippen LogP contribution in [0.25, 0.3) is 10.2 Å². The van der Waals surface area contributed by atoms with Crippen LogP contribution in [0.4, 0.5) is 5.82 Å². The number of allylic oxidation sites excluding steroid dienone is 1. The Morgan fingerprint density at radius 3 is 3.11 bits per heavy atom. The fourth-order valence-electron chi connectivity index (χ4n) is 1.62. The van der Waals surface area contributed by atoms with E-state index in [-0.39, 0.29) is 5.28 Å². The Balaban J connectivity index is 1.93. The van der Waals surface area contributed by atoms with E-state index in [0.717, 1.165) is 28.2 Å². The number of hydrogen-bond acceptors (Lipinski definition) is 6. The van der Waals surface area contributed by atoms with Gasteiger partial charge in [0.1, 0.15) is 5.82 Å². The highest BCUT2D eigenvalue weighted by Crippen LogP contribution is 2.28. The summed E-state index contributed by atoms with van der Waals surface area (Å²) in [7, 11) is 0. The molecule has 0 fully saturated rings. The molecule has 7 heteroatoms. The molecular formula is C11H10ClN5S. The molecular weight excluding hydrogens is 270 g/mol. The van der Waals surface area contributed by atoms with Crippen molar-refractivity contribution in [3.05, 3.63) is 28.6 Å². The molecule has 18 heavy (non-hydrogen) atoms. The Morgan fingerprint density at radius 1 is 1.44 bits per heavy atom. The van der Waals surface area contributed by atoms with Crippen molar-refractivity contribution < 1.29 is 0 Å². The summed E-state index contributed by atoms with van der Waals surface area (Å²) in [5.74, 6) is 1.51. The molecule has 0 unspecified atom stereocenters. The molecule has 0 spiro atoms. The van der Waals surface area contributed by atoms with Crippen LogP contribution in [0.2, 0.25) is 5.28 Å². The van der Waals surface area contributed by atoms with Gasteiger partial charge in [-0.2, -0.15) is 10.1 Å². The van der Waals surface area contributed by atoms with Crippen molar-refractivity contribution in [2.24, 2.45) is 5.10 Å². The highest BCUT2D eigenvalue weighted by atomic mass is 35.5. The van der Waals surface area contributed by atoms with Crippen LogP contribution in [0.1, 0.15) is 13.3 Å². The van der Waals surface area contributed by atoms with Crippen molar-refractivity contribution in [2.75, 3.05) is 5.32 Å². The van der Waals surface area contributed by atoms with E-state index in [9.17, 15) is 0 Å². The quantitative estimate of drug-likeness (QED) is 0.830. The van der Waals surface area contributed by atoms with E-state index in [2.05, 4.69) is 25.8 Å². The lowest BCUT2D eigenvalue weighted by molar-refractivity contribution is 0.858. The van der Waals surface area contributed by atoms with E-state index in [1.165, 1.54) is 0 Å². The molecule has 0 atom stereocenters. The van der Waals surface area contributed by atoms with E-state index in [1.54, 1.807) is 11.3 Å². The first kappa shape index (κ1) is 11.4. The maximum absolute atomic E-state index is 5.90. The summed E-state index contributed by atoms with van der Waals surface area (Å²) in [5.41, 5.74) is 4.82. The van der Waals surface area contributed by atoms with Crippen molar-refractivity contribution in [2.45, 2.75) is 13.3 Å². The summed E-state index contributed by atoms with van der Waals surface area (Å²) in [6.07, 6.45) is 2.85. The van der Waals surface area contributed by atoms with Gasteiger partial charge in [-0.05, 0) is 36.0 Å². The molecule has 1 aliphatic rings. The number of anilines is 1. The first-order chi connectivity index (χ1) is 8.72. The first-order valence-electron chi connectivity index (χ1n) is 5.39. The number of fused-ring (bicyclic) bond motifs is 1. The van der Waals surface area contributed by atoms with Crippen LogP contribution in [0.15, 0.2) is 28.4 Å². The zero-order valence-corrected chi connectivity index (χ0v) is 11.1. The predicted molar refractivity (Wildman–Crippen MR) is 75.0 cm³/mol. The first-order valence-corrected chi connectivity index (χ1v) is 6.65. The monoisotopic (exact) mass is 279 g/mol. The SMILES string of the molecule is CC1=NNC(Nc2nc(Cl)nc3ccsc23)=CC1. The summed E-state index contributed by atoms with van der Waals surface area (Å²) in [6, 6.07) is 1.92. The van der Waals surface area contributed by atoms with Crippen molar-refractivity contribution >= 4 is 44.7 Å². The summed E-state index contributed by atoms with van der Waals surface area (Å²) in [5, 5.41) is 9.55. The number of nitrogens with zero attached hydrogens (tertiary/aromatic N) is 3. The van der Waals surface area contributed by atoms with Crippen LogP contribution in [0, 0.1) is 0 Å². The standard InChI is InChI=1S/C11H10ClN5S/c1-6-2-3-8(17-16-6)14-10-9-7(4-5-18-9)13-11(12)15-10/h3-5,17H,2H2,1H3,(H,13,14,15). The minimum atomic E-state index is 0.236. The average molecular weight is 280 g/mol. The van der Waals surface area contributed by atoms with Gasteiger partial charge < -0.3 is 5.32 Å². The highest BCUT2D eigenvalue weighted by Gasteiger charge is 2.10. The summed E-state index contributed by atoms with van der Waals surface area (Å²) in [4.78, 5) is 8.37. The molecule has 0 bridgehead atoms. The van der Waals surface area contributed by atoms with Gasteiger partial charge in [0.25, 0.3) is 0 Å². The smallest absolute Gasteiger partial charge is 0.224 e. The molecule has 2 N–H and O–H groups in total. The zero-order valence-electron chi connectivity index (χ0n) is 9.57. The lowest BCUT2D eigenvalue weighted by Crippen LogP contribution is -2.20. The third-order valence-corrected chi connectivity index (χ3v) is 3.58. The zero-order chi connectivity index (χ0) is 12.5. The molecule has 0 aliphatic carbocycles. The second-order valence-electron chi connectivity index (χ2n) is 3.88. The third-order valence-electron chi connectivity index (χ3n) is 2.50. The van der Waals surface area contributed by atoms with Gasteiger partial charge in [0.2, 0.25) is 5.28 Å². The molecule has 1 aliphatic heterocycles. The molecule has 0 saturated heterocycles. The molecule has 0 aromatic carbocycles. The predicted octanol–water partition coefficient (Wildman–Crippen LogP) is 2.97. The molecule has 2 aromatic heterocycles. The maximum Gasteiger partial charge on any atom is 0.224 e. The lowest BCUT2D eigenvalue weighted by Gasteiger charge is -2.14. The number of halogens is 1. The van der Waals surface area contributed by atoms with E-state index in [1.807, 2.05) is 24.4 Å². The summed E-state index contributed by atoms with van der Waals surface area (Å²) >= 11 is 7.47. The van der Waals surface area contributed by atoms with Crippen LogP contribution < -0.4 is 10.7 Å².